The third-order valence-electron chi connectivity index (χ3n) is 3.54. The van der Waals surface area contributed by atoms with Crippen LogP contribution in [0.3, 0.4) is 0 Å². The maximum Gasteiger partial charge on any atom is 0.237 e. The number of carbonyl (C=O) groups is 1. The van der Waals surface area contributed by atoms with Crippen LogP contribution in [0.25, 0.3) is 0 Å². The first-order valence-electron chi connectivity index (χ1n) is 6.02. The molecule has 0 unspecified atom stereocenters. The van der Waals surface area contributed by atoms with E-state index < -0.39 is 11.2 Å². The summed E-state index contributed by atoms with van der Waals surface area (Å²) < 4.78 is 14.3. The van der Waals surface area contributed by atoms with E-state index in [1.807, 2.05) is 0 Å². The molecular formula is C13H14BrFN2OS. The van der Waals surface area contributed by atoms with Crippen molar-refractivity contribution >= 4 is 44.7 Å². The molecule has 1 aliphatic rings. The molecule has 19 heavy (non-hydrogen) atoms. The lowest BCUT2D eigenvalue weighted by atomic mass is 9.85. The zero-order valence-corrected chi connectivity index (χ0v) is 12.6. The average Bonchev–Trinajstić information content (AvgIpc) is 2.84. The molecule has 0 radical (unpaired) electrons. The van der Waals surface area contributed by atoms with Crippen LogP contribution >= 0.6 is 28.1 Å². The lowest BCUT2D eigenvalue weighted by Gasteiger charge is -2.26. The van der Waals surface area contributed by atoms with Crippen molar-refractivity contribution in [3.05, 3.63) is 28.5 Å². The fourth-order valence-corrected chi connectivity index (χ4v) is 3.06. The highest BCUT2D eigenvalue weighted by molar-refractivity contribution is 9.10. The number of thiocarbonyl (C=S) groups is 1. The van der Waals surface area contributed by atoms with E-state index in [1.54, 1.807) is 6.07 Å². The van der Waals surface area contributed by atoms with Crippen LogP contribution in [0.2, 0.25) is 0 Å². The smallest absolute Gasteiger partial charge is 0.237 e. The van der Waals surface area contributed by atoms with Crippen molar-refractivity contribution in [2.24, 2.45) is 11.1 Å². The third kappa shape index (κ3) is 2.79. The molecular weight excluding hydrogens is 331 g/mol. The SMILES string of the molecule is NC(=S)C1(C(=O)Nc2cc(Br)ccc2F)CCCC1. The summed E-state index contributed by atoms with van der Waals surface area (Å²) in [5.41, 5.74) is 5.03. The van der Waals surface area contributed by atoms with Gasteiger partial charge in [0, 0.05) is 4.47 Å². The van der Waals surface area contributed by atoms with E-state index >= 15 is 0 Å². The second kappa shape index (κ2) is 5.54. The van der Waals surface area contributed by atoms with Crippen LogP contribution in [0.15, 0.2) is 22.7 Å². The van der Waals surface area contributed by atoms with Gasteiger partial charge in [-0.25, -0.2) is 4.39 Å². The van der Waals surface area contributed by atoms with E-state index in [0.717, 1.165) is 12.8 Å². The fraction of sp³-hybridized carbons (Fsp3) is 0.385. The van der Waals surface area contributed by atoms with Crippen LogP contribution in [0, 0.1) is 11.2 Å². The number of carbonyl (C=O) groups excluding carboxylic acids is 1. The van der Waals surface area contributed by atoms with E-state index in [2.05, 4.69) is 21.2 Å². The molecule has 1 fully saturated rings. The van der Waals surface area contributed by atoms with Gasteiger partial charge in [0.25, 0.3) is 0 Å². The lowest BCUT2D eigenvalue weighted by molar-refractivity contribution is -0.122. The molecule has 0 bridgehead atoms. The molecule has 0 aromatic heterocycles. The minimum Gasteiger partial charge on any atom is -0.392 e. The molecule has 3 N–H and O–H groups in total. The Morgan fingerprint density at radius 3 is 2.63 bits per heavy atom. The molecule has 0 heterocycles. The van der Waals surface area contributed by atoms with E-state index in [-0.39, 0.29) is 16.6 Å². The summed E-state index contributed by atoms with van der Waals surface area (Å²) in [7, 11) is 0. The van der Waals surface area contributed by atoms with Crippen LogP contribution in [-0.4, -0.2) is 10.9 Å². The molecule has 1 saturated carbocycles. The molecule has 102 valence electrons. The van der Waals surface area contributed by atoms with Crippen LogP contribution < -0.4 is 11.1 Å². The van der Waals surface area contributed by atoms with Gasteiger partial charge in [-0.05, 0) is 31.0 Å². The second-order valence-electron chi connectivity index (χ2n) is 4.73. The number of rotatable bonds is 3. The topological polar surface area (TPSA) is 55.1 Å². The quantitative estimate of drug-likeness (QED) is 0.826. The summed E-state index contributed by atoms with van der Waals surface area (Å²) >= 11 is 8.28. The summed E-state index contributed by atoms with van der Waals surface area (Å²) in [6.07, 6.45) is 3.07. The minimum absolute atomic E-state index is 0.141. The molecule has 1 aromatic rings. The van der Waals surface area contributed by atoms with Gasteiger partial charge in [-0.15, -0.1) is 0 Å². The van der Waals surface area contributed by atoms with Gasteiger partial charge in [-0.2, -0.15) is 0 Å². The Morgan fingerprint density at radius 1 is 1.42 bits per heavy atom. The number of benzene rings is 1. The summed E-state index contributed by atoms with van der Waals surface area (Å²) in [6.45, 7) is 0. The number of nitrogens with two attached hydrogens (primary N) is 1. The van der Waals surface area contributed by atoms with Crippen molar-refractivity contribution < 1.29 is 9.18 Å². The first kappa shape index (κ1) is 14.4. The summed E-state index contributed by atoms with van der Waals surface area (Å²) in [5, 5.41) is 2.60. The van der Waals surface area contributed by atoms with E-state index in [0.29, 0.717) is 17.3 Å². The molecule has 0 aliphatic heterocycles. The Hall–Kier alpha value is -1.01. The molecule has 0 saturated heterocycles. The highest BCUT2D eigenvalue weighted by atomic mass is 79.9. The van der Waals surface area contributed by atoms with Gasteiger partial charge in [0.1, 0.15) is 5.82 Å². The Morgan fingerprint density at radius 2 is 2.05 bits per heavy atom. The zero-order chi connectivity index (χ0) is 14.0. The number of halogens is 2. The van der Waals surface area contributed by atoms with Gasteiger partial charge in [-0.1, -0.05) is 41.0 Å². The van der Waals surface area contributed by atoms with E-state index in [4.69, 9.17) is 18.0 Å². The Labute approximate surface area is 124 Å². The van der Waals surface area contributed by atoms with Crippen molar-refractivity contribution in [3.63, 3.8) is 0 Å². The molecule has 0 atom stereocenters. The molecule has 3 nitrogen and oxygen atoms in total. The normalized spacial score (nSPS) is 17.2. The van der Waals surface area contributed by atoms with Crippen LogP contribution in [-0.2, 0) is 4.79 Å². The number of anilines is 1. The van der Waals surface area contributed by atoms with E-state index in [1.165, 1.54) is 12.1 Å². The van der Waals surface area contributed by atoms with Gasteiger partial charge >= 0.3 is 0 Å². The van der Waals surface area contributed by atoms with Gasteiger partial charge in [0.15, 0.2) is 0 Å². The minimum atomic E-state index is -0.829. The lowest BCUT2D eigenvalue weighted by Crippen LogP contribution is -2.44. The summed E-state index contributed by atoms with van der Waals surface area (Å²) in [6, 6.07) is 4.39. The van der Waals surface area contributed by atoms with Crippen molar-refractivity contribution in [3.8, 4) is 0 Å². The average molecular weight is 345 g/mol. The molecule has 2 rings (SSSR count). The summed E-state index contributed by atoms with van der Waals surface area (Å²) in [4.78, 5) is 12.6. The largest absolute Gasteiger partial charge is 0.392 e. The van der Waals surface area contributed by atoms with Crippen molar-refractivity contribution in [1.82, 2.24) is 0 Å². The zero-order valence-electron chi connectivity index (χ0n) is 10.2. The number of amides is 1. The first-order valence-corrected chi connectivity index (χ1v) is 7.22. The van der Waals surface area contributed by atoms with Crippen molar-refractivity contribution in [1.29, 1.82) is 0 Å². The standard InChI is InChI=1S/C13H14BrFN2OS/c14-8-3-4-9(15)10(7-8)17-12(18)13(11(16)19)5-1-2-6-13/h3-4,7H,1-2,5-6H2,(H2,16,19)(H,17,18). The summed E-state index contributed by atoms with van der Waals surface area (Å²) in [5.74, 6) is -0.790. The van der Waals surface area contributed by atoms with Crippen LogP contribution in [0.5, 0.6) is 0 Å². The first-order chi connectivity index (χ1) is 8.95. The molecule has 0 spiro atoms. The molecule has 1 aromatic carbocycles. The maximum atomic E-state index is 13.6. The molecule has 1 aliphatic carbocycles. The van der Waals surface area contributed by atoms with Crippen molar-refractivity contribution in [2.75, 3.05) is 5.32 Å². The number of hydrogen-bond donors (Lipinski definition) is 2. The third-order valence-corrected chi connectivity index (χ3v) is 4.42. The molecule has 6 heteroatoms. The Kier molecular flexibility index (Phi) is 4.20. The fourth-order valence-electron chi connectivity index (χ4n) is 2.40. The van der Waals surface area contributed by atoms with Gasteiger partial charge < -0.3 is 11.1 Å². The van der Waals surface area contributed by atoms with E-state index in [9.17, 15) is 9.18 Å². The highest BCUT2D eigenvalue weighted by Crippen LogP contribution is 2.39. The van der Waals surface area contributed by atoms with Crippen LogP contribution in [0.1, 0.15) is 25.7 Å². The van der Waals surface area contributed by atoms with Gasteiger partial charge in [0.2, 0.25) is 5.91 Å². The second-order valence-corrected chi connectivity index (χ2v) is 6.09. The predicted octanol–water partition coefficient (Wildman–Crippen LogP) is 3.37. The van der Waals surface area contributed by atoms with Crippen LogP contribution in [0.4, 0.5) is 10.1 Å². The van der Waals surface area contributed by atoms with Gasteiger partial charge in [0.05, 0.1) is 16.1 Å². The number of nitrogens with one attached hydrogen (secondary N) is 1. The van der Waals surface area contributed by atoms with Gasteiger partial charge in [-0.3, -0.25) is 4.79 Å². The monoisotopic (exact) mass is 344 g/mol. The maximum absolute atomic E-state index is 13.6. The Balaban J connectivity index is 2.25. The van der Waals surface area contributed by atoms with Crippen molar-refractivity contribution in [2.45, 2.75) is 25.7 Å². The number of hydrogen-bond acceptors (Lipinski definition) is 2. The highest BCUT2D eigenvalue weighted by Gasteiger charge is 2.44. The Bertz CT molecular complexity index is 529. The predicted molar refractivity (Wildman–Crippen MR) is 80.4 cm³/mol. The molecule has 1 amide bonds.